The molecule has 0 aromatic carbocycles. The van der Waals surface area contributed by atoms with Crippen LogP contribution in [0.3, 0.4) is 0 Å². The minimum Gasteiger partial charge on any atom is -0.466 e. The molecule has 6 nitrogen and oxygen atoms in total. The summed E-state index contributed by atoms with van der Waals surface area (Å²) in [4.78, 5) is 24.6. The van der Waals surface area contributed by atoms with E-state index >= 15 is 0 Å². The average molecular weight is 1070 g/mol. The molecule has 0 aliphatic heterocycles. The smallest absolute Gasteiger partial charge is 0.305 e. The molecule has 450 valence electrons. The summed E-state index contributed by atoms with van der Waals surface area (Å²) in [5.41, 5.74) is 0. The number of unbranched alkanes of at least 4 members (excludes halogenated alkanes) is 50. The van der Waals surface area contributed by atoms with Crippen LogP contribution >= 0.6 is 0 Å². The van der Waals surface area contributed by atoms with Crippen LogP contribution in [-0.4, -0.2) is 47.4 Å². The van der Waals surface area contributed by atoms with Gasteiger partial charge in [-0.2, -0.15) is 0 Å². The van der Waals surface area contributed by atoms with E-state index in [9.17, 15) is 19.8 Å². The van der Waals surface area contributed by atoms with Crippen molar-refractivity contribution >= 4 is 11.9 Å². The normalized spacial score (nSPS) is 12.6. The Balaban J connectivity index is 3.38. The average Bonchev–Trinajstić information content (AvgIpc) is 3.42. The van der Waals surface area contributed by atoms with Crippen LogP contribution in [0, 0.1) is 0 Å². The maximum atomic E-state index is 12.5. The third-order valence-electron chi connectivity index (χ3n) is 16.3. The molecule has 2 unspecified atom stereocenters. The first-order chi connectivity index (χ1) is 37.5. The molecule has 3 N–H and O–H groups in total. The maximum Gasteiger partial charge on any atom is 0.305 e. The zero-order valence-corrected chi connectivity index (χ0v) is 51.5. The standard InChI is InChI=1S/C70H135NO5/c1-3-5-7-9-11-13-15-17-19-36-40-44-48-52-56-60-64-70(75)76-65-61-57-53-49-45-41-37-34-32-30-28-26-24-22-20-21-23-25-27-29-31-33-35-39-43-47-51-55-59-63-69(74)71-67(66-72)68(73)62-58-54-50-46-42-38-18-16-14-12-10-8-6-4-2/h20,22,26,28,67-68,72-73H,3-19,21,23-25,27,29-66H2,1-2H3,(H,71,74)/b22-20-,28-26-. The third-order valence-corrected chi connectivity index (χ3v) is 16.3. The number of carbonyl (C=O) groups is 2. The van der Waals surface area contributed by atoms with Gasteiger partial charge in [0.25, 0.3) is 0 Å². The summed E-state index contributed by atoms with van der Waals surface area (Å²) < 4.78 is 5.50. The van der Waals surface area contributed by atoms with Crippen LogP contribution in [0.1, 0.15) is 386 Å². The number of aliphatic hydroxyl groups is 2. The second kappa shape index (κ2) is 65.9. The van der Waals surface area contributed by atoms with Crippen LogP contribution in [-0.2, 0) is 14.3 Å². The zero-order valence-electron chi connectivity index (χ0n) is 51.5. The van der Waals surface area contributed by atoms with E-state index in [4.69, 9.17) is 4.74 Å². The van der Waals surface area contributed by atoms with Crippen molar-refractivity contribution in [2.75, 3.05) is 13.2 Å². The molecule has 0 aliphatic rings. The van der Waals surface area contributed by atoms with Gasteiger partial charge in [-0.3, -0.25) is 9.59 Å². The van der Waals surface area contributed by atoms with Crippen LogP contribution in [0.15, 0.2) is 24.3 Å². The number of hydrogen-bond donors (Lipinski definition) is 3. The van der Waals surface area contributed by atoms with E-state index in [1.807, 2.05) is 0 Å². The predicted molar refractivity (Wildman–Crippen MR) is 333 cm³/mol. The number of ether oxygens (including phenoxy) is 1. The van der Waals surface area contributed by atoms with E-state index in [0.29, 0.717) is 25.9 Å². The van der Waals surface area contributed by atoms with Crippen molar-refractivity contribution in [3.63, 3.8) is 0 Å². The highest BCUT2D eigenvalue weighted by atomic mass is 16.5. The molecule has 0 aromatic heterocycles. The summed E-state index contributed by atoms with van der Waals surface area (Å²) in [6.07, 6.45) is 82.2. The Labute approximate surface area is 475 Å². The lowest BCUT2D eigenvalue weighted by atomic mass is 10.0. The van der Waals surface area contributed by atoms with Crippen molar-refractivity contribution < 1.29 is 24.5 Å². The predicted octanol–water partition coefficient (Wildman–Crippen LogP) is 22.1. The first kappa shape index (κ1) is 74.3. The number of hydrogen-bond acceptors (Lipinski definition) is 5. The summed E-state index contributed by atoms with van der Waals surface area (Å²) in [5, 5.41) is 23.3. The van der Waals surface area contributed by atoms with E-state index in [-0.39, 0.29) is 18.5 Å². The van der Waals surface area contributed by atoms with Gasteiger partial charge in [-0.15, -0.1) is 0 Å². The molecule has 0 radical (unpaired) electrons. The summed E-state index contributed by atoms with van der Waals surface area (Å²) in [6.45, 7) is 4.98. The number of rotatable bonds is 65. The summed E-state index contributed by atoms with van der Waals surface area (Å²) in [7, 11) is 0. The number of nitrogens with one attached hydrogen (secondary N) is 1. The third kappa shape index (κ3) is 61.6. The molecule has 2 atom stereocenters. The minimum atomic E-state index is -0.664. The second-order valence-electron chi connectivity index (χ2n) is 23.9. The van der Waals surface area contributed by atoms with Gasteiger partial charge in [-0.05, 0) is 57.8 Å². The van der Waals surface area contributed by atoms with Gasteiger partial charge in [0, 0.05) is 12.8 Å². The Hall–Kier alpha value is -1.66. The van der Waals surface area contributed by atoms with Crippen molar-refractivity contribution in [2.45, 2.75) is 398 Å². The van der Waals surface area contributed by atoms with Gasteiger partial charge in [0.1, 0.15) is 0 Å². The quantitative estimate of drug-likeness (QED) is 0.0320. The number of esters is 1. The minimum absolute atomic E-state index is 0.0161. The highest BCUT2D eigenvalue weighted by molar-refractivity contribution is 5.76. The molecule has 0 saturated heterocycles. The van der Waals surface area contributed by atoms with Gasteiger partial charge < -0.3 is 20.3 Å². The van der Waals surface area contributed by atoms with Crippen molar-refractivity contribution in [1.82, 2.24) is 5.32 Å². The topological polar surface area (TPSA) is 95.9 Å². The fourth-order valence-corrected chi connectivity index (χ4v) is 11.0. The highest BCUT2D eigenvalue weighted by Gasteiger charge is 2.20. The van der Waals surface area contributed by atoms with Gasteiger partial charge in [0.15, 0.2) is 0 Å². The lowest BCUT2D eigenvalue weighted by Crippen LogP contribution is -2.45. The van der Waals surface area contributed by atoms with Crippen LogP contribution in [0.2, 0.25) is 0 Å². The zero-order chi connectivity index (χ0) is 55.0. The Morgan fingerprint density at radius 1 is 0.368 bits per heavy atom. The van der Waals surface area contributed by atoms with E-state index in [1.54, 1.807) is 0 Å². The molecular formula is C70H135NO5. The lowest BCUT2D eigenvalue weighted by molar-refractivity contribution is -0.143. The molecular weight excluding hydrogens is 935 g/mol. The SMILES string of the molecule is CCCCCCCCCCCCCCCCCCC(=O)OCCCCCCCCCCC/C=C\C/C=C\CCCCCCCCCCCCCCCC(=O)NC(CO)C(O)CCCCCCCCCCCCCCCC. The van der Waals surface area contributed by atoms with E-state index in [1.165, 1.54) is 308 Å². The second-order valence-corrected chi connectivity index (χ2v) is 23.9. The number of carbonyl (C=O) groups excluding carboxylic acids is 2. The summed E-state index contributed by atoms with van der Waals surface area (Å²) >= 11 is 0. The Kier molecular flexibility index (Phi) is 64.4. The molecule has 0 heterocycles. The maximum absolute atomic E-state index is 12.5. The fraction of sp³-hybridized carbons (Fsp3) is 0.914. The molecule has 1 amide bonds. The first-order valence-corrected chi connectivity index (χ1v) is 34.6. The molecule has 0 aliphatic carbocycles. The van der Waals surface area contributed by atoms with E-state index in [0.717, 1.165) is 44.9 Å². The Morgan fingerprint density at radius 3 is 1.00 bits per heavy atom. The molecule has 0 fully saturated rings. The summed E-state index contributed by atoms with van der Waals surface area (Å²) in [5.74, 6) is -0.0176. The highest BCUT2D eigenvalue weighted by Crippen LogP contribution is 2.19. The monoisotopic (exact) mass is 1070 g/mol. The number of allylic oxidation sites excluding steroid dienone is 4. The first-order valence-electron chi connectivity index (χ1n) is 34.6. The molecule has 0 aromatic rings. The molecule has 0 rings (SSSR count). The van der Waals surface area contributed by atoms with Gasteiger partial charge >= 0.3 is 5.97 Å². The van der Waals surface area contributed by atoms with Crippen molar-refractivity contribution in [1.29, 1.82) is 0 Å². The Morgan fingerprint density at radius 2 is 0.658 bits per heavy atom. The van der Waals surface area contributed by atoms with Gasteiger partial charge in [-0.25, -0.2) is 0 Å². The number of amides is 1. The van der Waals surface area contributed by atoms with Crippen LogP contribution < -0.4 is 5.32 Å². The van der Waals surface area contributed by atoms with Crippen LogP contribution in [0.4, 0.5) is 0 Å². The van der Waals surface area contributed by atoms with Gasteiger partial charge in [-0.1, -0.05) is 340 Å². The molecule has 0 saturated carbocycles. The van der Waals surface area contributed by atoms with Gasteiger partial charge in [0.2, 0.25) is 5.91 Å². The molecule has 76 heavy (non-hydrogen) atoms. The Bertz CT molecular complexity index is 1190. The van der Waals surface area contributed by atoms with Crippen LogP contribution in [0.5, 0.6) is 0 Å². The molecule has 0 spiro atoms. The van der Waals surface area contributed by atoms with Crippen molar-refractivity contribution in [3.05, 3.63) is 24.3 Å². The van der Waals surface area contributed by atoms with Crippen molar-refractivity contribution in [2.24, 2.45) is 0 Å². The van der Waals surface area contributed by atoms with Gasteiger partial charge in [0.05, 0.1) is 25.4 Å². The molecule has 0 bridgehead atoms. The largest absolute Gasteiger partial charge is 0.466 e. The number of aliphatic hydroxyl groups excluding tert-OH is 2. The van der Waals surface area contributed by atoms with Crippen molar-refractivity contribution in [3.8, 4) is 0 Å². The van der Waals surface area contributed by atoms with E-state index < -0.39 is 12.1 Å². The van der Waals surface area contributed by atoms with Crippen LogP contribution in [0.25, 0.3) is 0 Å². The summed E-state index contributed by atoms with van der Waals surface area (Å²) in [6, 6.07) is -0.542. The fourth-order valence-electron chi connectivity index (χ4n) is 11.0. The van der Waals surface area contributed by atoms with E-state index in [2.05, 4.69) is 43.5 Å². The lowest BCUT2D eigenvalue weighted by Gasteiger charge is -2.22. The molecule has 6 heteroatoms.